The van der Waals surface area contributed by atoms with Gasteiger partial charge in [-0.2, -0.15) is 0 Å². The minimum Gasteiger partial charge on any atom is -0.343 e. The number of aryl methyl sites for hydroxylation is 1. The molecular weight excluding hydrogens is 354 g/mol. The number of amides is 3. The molecular formula is C22H33N3O3. The van der Waals surface area contributed by atoms with Gasteiger partial charge in [-0.3, -0.25) is 14.4 Å². The molecule has 1 aromatic rings. The van der Waals surface area contributed by atoms with E-state index in [1.807, 2.05) is 23.1 Å². The molecule has 6 nitrogen and oxygen atoms in total. The Morgan fingerprint density at radius 1 is 1.11 bits per heavy atom. The molecule has 0 saturated carbocycles. The van der Waals surface area contributed by atoms with Crippen molar-refractivity contribution in [2.24, 2.45) is 0 Å². The van der Waals surface area contributed by atoms with Gasteiger partial charge in [0.2, 0.25) is 17.7 Å². The molecule has 0 aliphatic carbocycles. The number of hydrogen-bond donors (Lipinski definition) is 1. The Labute approximate surface area is 168 Å². The van der Waals surface area contributed by atoms with Crippen LogP contribution in [0.15, 0.2) is 18.2 Å². The SMILES string of the molecule is CCCN(CCC)C(=O)CCCC(=O)Nc1ccc2c(c1)CCCN2C(C)=O. The monoisotopic (exact) mass is 387 g/mol. The van der Waals surface area contributed by atoms with Crippen molar-refractivity contribution < 1.29 is 14.4 Å². The molecule has 1 aliphatic heterocycles. The van der Waals surface area contributed by atoms with Gasteiger partial charge in [0, 0.05) is 50.8 Å². The highest BCUT2D eigenvalue weighted by Gasteiger charge is 2.20. The van der Waals surface area contributed by atoms with Crippen LogP contribution in [0.4, 0.5) is 11.4 Å². The van der Waals surface area contributed by atoms with Gasteiger partial charge in [-0.25, -0.2) is 0 Å². The zero-order valence-corrected chi connectivity index (χ0v) is 17.4. The van der Waals surface area contributed by atoms with E-state index in [0.29, 0.717) is 19.3 Å². The molecule has 1 aliphatic rings. The van der Waals surface area contributed by atoms with Gasteiger partial charge in [-0.15, -0.1) is 0 Å². The van der Waals surface area contributed by atoms with Gasteiger partial charge in [-0.05, 0) is 55.9 Å². The van der Waals surface area contributed by atoms with Crippen LogP contribution >= 0.6 is 0 Å². The number of carbonyl (C=O) groups excluding carboxylic acids is 3. The molecule has 1 N–H and O–H groups in total. The molecule has 0 atom stereocenters. The molecule has 0 bridgehead atoms. The molecule has 28 heavy (non-hydrogen) atoms. The summed E-state index contributed by atoms with van der Waals surface area (Å²) in [6.45, 7) is 8.02. The number of anilines is 2. The van der Waals surface area contributed by atoms with Crippen molar-refractivity contribution in [3.05, 3.63) is 23.8 Å². The van der Waals surface area contributed by atoms with Crippen LogP contribution in [-0.4, -0.2) is 42.3 Å². The summed E-state index contributed by atoms with van der Waals surface area (Å²) in [4.78, 5) is 40.0. The first-order chi connectivity index (χ1) is 13.5. The van der Waals surface area contributed by atoms with Gasteiger partial charge >= 0.3 is 0 Å². The number of nitrogens with zero attached hydrogens (tertiary/aromatic N) is 2. The highest BCUT2D eigenvalue weighted by molar-refractivity contribution is 5.95. The largest absolute Gasteiger partial charge is 0.343 e. The van der Waals surface area contributed by atoms with E-state index < -0.39 is 0 Å². The van der Waals surface area contributed by atoms with E-state index in [4.69, 9.17) is 0 Å². The van der Waals surface area contributed by atoms with Crippen LogP contribution in [0, 0.1) is 0 Å². The topological polar surface area (TPSA) is 69.7 Å². The Kier molecular flexibility index (Phi) is 8.48. The summed E-state index contributed by atoms with van der Waals surface area (Å²) in [6, 6.07) is 5.70. The number of nitrogens with one attached hydrogen (secondary N) is 1. The molecule has 2 rings (SSSR count). The maximum Gasteiger partial charge on any atom is 0.224 e. The maximum absolute atomic E-state index is 12.3. The first-order valence-electron chi connectivity index (χ1n) is 10.4. The zero-order valence-electron chi connectivity index (χ0n) is 17.4. The molecule has 6 heteroatoms. The van der Waals surface area contributed by atoms with Crippen molar-refractivity contribution >= 4 is 29.1 Å². The second kappa shape index (κ2) is 10.8. The maximum atomic E-state index is 12.3. The van der Waals surface area contributed by atoms with Crippen LogP contribution in [0.1, 0.15) is 64.9 Å². The highest BCUT2D eigenvalue weighted by atomic mass is 16.2. The molecule has 0 radical (unpaired) electrons. The third kappa shape index (κ3) is 6.08. The molecule has 3 amide bonds. The number of hydrogen-bond acceptors (Lipinski definition) is 3. The predicted octanol–water partition coefficient (Wildman–Crippen LogP) is 3.74. The summed E-state index contributed by atoms with van der Waals surface area (Å²) in [5.74, 6) is 0.0988. The lowest BCUT2D eigenvalue weighted by atomic mass is 10.0. The van der Waals surface area contributed by atoms with E-state index in [2.05, 4.69) is 19.2 Å². The Balaban J connectivity index is 1.85. The van der Waals surface area contributed by atoms with E-state index in [0.717, 1.165) is 62.3 Å². The van der Waals surface area contributed by atoms with Crippen molar-refractivity contribution in [2.75, 3.05) is 29.9 Å². The molecule has 1 heterocycles. The summed E-state index contributed by atoms with van der Waals surface area (Å²) >= 11 is 0. The minimum atomic E-state index is -0.0792. The van der Waals surface area contributed by atoms with E-state index in [-0.39, 0.29) is 17.7 Å². The Morgan fingerprint density at radius 3 is 2.46 bits per heavy atom. The summed E-state index contributed by atoms with van der Waals surface area (Å²) in [5.41, 5.74) is 2.78. The fraction of sp³-hybridized carbons (Fsp3) is 0.591. The van der Waals surface area contributed by atoms with Gasteiger partial charge in [0.1, 0.15) is 0 Å². The molecule has 0 unspecified atom stereocenters. The summed E-state index contributed by atoms with van der Waals surface area (Å²) < 4.78 is 0. The fourth-order valence-corrected chi connectivity index (χ4v) is 3.68. The van der Waals surface area contributed by atoms with Gasteiger partial charge in [-0.1, -0.05) is 13.8 Å². The fourth-order valence-electron chi connectivity index (χ4n) is 3.68. The lowest BCUT2D eigenvalue weighted by Gasteiger charge is -2.29. The molecule has 1 aromatic carbocycles. The molecule has 0 saturated heterocycles. The third-order valence-electron chi connectivity index (χ3n) is 5.00. The number of fused-ring (bicyclic) bond motifs is 1. The Morgan fingerprint density at radius 2 is 1.82 bits per heavy atom. The Hall–Kier alpha value is -2.37. The number of carbonyl (C=O) groups is 3. The van der Waals surface area contributed by atoms with Gasteiger partial charge < -0.3 is 15.1 Å². The average Bonchev–Trinajstić information content (AvgIpc) is 2.67. The highest BCUT2D eigenvalue weighted by Crippen LogP contribution is 2.29. The second-order valence-corrected chi connectivity index (χ2v) is 7.40. The quantitative estimate of drug-likeness (QED) is 0.702. The summed E-state index contributed by atoms with van der Waals surface area (Å²) in [5, 5.41) is 2.92. The van der Waals surface area contributed by atoms with Crippen LogP contribution < -0.4 is 10.2 Å². The van der Waals surface area contributed by atoms with Crippen LogP contribution in [0.2, 0.25) is 0 Å². The van der Waals surface area contributed by atoms with Gasteiger partial charge in [0.15, 0.2) is 0 Å². The summed E-state index contributed by atoms with van der Waals surface area (Å²) in [7, 11) is 0. The Bertz CT molecular complexity index is 696. The van der Waals surface area contributed by atoms with Crippen molar-refractivity contribution in [3.8, 4) is 0 Å². The van der Waals surface area contributed by atoms with Crippen LogP contribution in [-0.2, 0) is 20.8 Å². The molecule has 0 aromatic heterocycles. The lowest BCUT2D eigenvalue weighted by Crippen LogP contribution is -2.33. The molecule has 154 valence electrons. The van der Waals surface area contributed by atoms with Crippen LogP contribution in [0.25, 0.3) is 0 Å². The van der Waals surface area contributed by atoms with E-state index >= 15 is 0 Å². The van der Waals surface area contributed by atoms with Crippen molar-refractivity contribution in [1.29, 1.82) is 0 Å². The van der Waals surface area contributed by atoms with Gasteiger partial charge in [0.25, 0.3) is 0 Å². The third-order valence-corrected chi connectivity index (χ3v) is 5.00. The van der Waals surface area contributed by atoms with Crippen molar-refractivity contribution in [2.45, 2.75) is 65.7 Å². The number of benzene rings is 1. The second-order valence-electron chi connectivity index (χ2n) is 7.40. The molecule has 0 fully saturated rings. The first kappa shape index (κ1) is 21.9. The first-order valence-corrected chi connectivity index (χ1v) is 10.4. The van der Waals surface area contributed by atoms with Crippen LogP contribution in [0.5, 0.6) is 0 Å². The standard InChI is InChI=1S/C22H33N3O3/c1-4-13-24(14-5-2)22(28)10-6-9-21(27)23-19-11-12-20-18(16-19)8-7-15-25(20)17(3)26/h11-12,16H,4-10,13-15H2,1-3H3,(H,23,27). The zero-order chi connectivity index (χ0) is 20.5. The summed E-state index contributed by atoms with van der Waals surface area (Å²) in [6.07, 6.45) is 5.02. The van der Waals surface area contributed by atoms with Crippen molar-refractivity contribution in [1.82, 2.24) is 4.90 Å². The van der Waals surface area contributed by atoms with E-state index in [9.17, 15) is 14.4 Å². The van der Waals surface area contributed by atoms with E-state index in [1.165, 1.54) is 0 Å². The van der Waals surface area contributed by atoms with Gasteiger partial charge in [0.05, 0.1) is 0 Å². The molecule has 0 spiro atoms. The number of rotatable bonds is 9. The van der Waals surface area contributed by atoms with Crippen LogP contribution in [0.3, 0.4) is 0 Å². The van der Waals surface area contributed by atoms with Crippen molar-refractivity contribution in [3.63, 3.8) is 0 Å². The minimum absolute atomic E-state index is 0.0441. The predicted molar refractivity (Wildman–Crippen MR) is 112 cm³/mol. The normalized spacial score (nSPS) is 13.0. The lowest BCUT2D eigenvalue weighted by molar-refractivity contribution is -0.131. The smallest absolute Gasteiger partial charge is 0.224 e. The average molecular weight is 388 g/mol. The van der Waals surface area contributed by atoms with E-state index in [1.54, 1.807) is 11.8 Å².